The number of aromatic hydroxyl groups is 3. The molecular weight excluding hydrogens is 248 g/mol. The average Bonchev–Trinajstić information content (AvgIpc) is 2.31. The second-order valence-corrected chi connectivity index (χ2v) is 4.75. The SMILES string of the molecule is C/C(CC(C)C)=N\NC(=O)c1cc(O)c(O)c(O)c1. The van der Waals surface area contributed by atoms with Crippen molar-refractivity contribution in [2.45, 2.75) is 27.2 Å². The lowest BCUT2D eigenvalue weighted by Gasteiger charge is -2.06. The van der Waals surface area contributed by atoms with E-state index in [-0.39, 0.29) is 5.56 Å². The predicted molar refractivity (Wildman–Crippen MR) is 71.5 cm³/mol. The van der Waals surface area contributed by atoms with Crippen molar-refractivity contribution in [3.05, 3.63) is 17.7 Å². The molecule has 0 spiro atoms. The fraction of sp³-hybridized carbons (Fsp3) is 0.385. The smallest absolute Gasteiger partial charge is 0.271 e. The molecule has 1 rings (SSSR count). The topological polar surface area (TPSA) is 102 Å². The molecule has 0 bridgehead atoms. The molecule has 4 N–H and O–H groups in total. The normalized spacial score (nSPS) is 11.7. The van der Waals surface area contributed by atoms with E-state index in [0.717, 1.165) is 24.3 Å². The number of nitrogens with zero attached hydrogens (tertiary/aromatic N) is 1. The van der Waals surface area contributed by atoms with Gasteiger partial charge >= 0.3 is 0 Å². The molecule has 0 fully saturated rings. The number of rotatable bonds is 4. The van der Waals surface area contributed by atoms with Crippen LogP contribution in [0.2, 0.25) is 0 Å². The minimum absolute atomic E-state index is 0.00824. The molecule has 0 aliphatic heterocycles. The van der Waals surface area contributed by atoms with Gasteiger partial charge in [0.25, 0.3) is 5.91 Å². The maximum atomic E-state index is 11.7. The van der Waals surface area contributed by atoms with Crippen molar-refractivity contribution in [3.8, 4) is 17.2 Å². The molecular formula is C13H18N2O4. The highest BCUT2D eigenvalue weighted by Gasteiger charge is 2.13. The molecule has 0 heterocycles. The number of amides is 1. The van der Waals surface area contributed by atoms with Gasteiger partial charge in [0.1, 0.15) is 0 Å². The van der Waals surface area contributed by atoms with Crippen molar-refractivity contribution in [2.24, 2.45) is 11.0 Å². The van der Waals surface area contributed by atoms with Crippen LogP contribution in [-0.4, -0.2) is 26.9 Å². The highest BCUT2D eigenvalue weighted by molar-refractivity contribution is 5.96. The van der Waals surface area contributed by atoms with Crippen molar-refractivity contribution in [2.75, 3.05) is 0 Å². The van der Waals surface area contributed by atoms with Crippen molar-refractivity contribution >= 4 is 11.6 Å². The van der Waals surface area contributed by atoms with E-state index in [2.05, 4.69) is 10.5 Å². The van der Waals surface area contributed by atoms with Gasteiger partial charge in [-0.3, -0.25) is 4.79 Å². The van der Waals surface area contributed by atoms with Gasteiger partial charge in [0, 0.05) is 11.3 Å². The van der Waals surface area contributed by atoms with Crippen LogP contribution in [0.5, 0.6) is 17.2 Å². The molecule has 104 valence electrons. The molecule has 1 amide bonds. The number of hydrogen-bond acceptors (Lipinski definition) is 5. The Kier molecular flexibility index (Phi) is 4.74. The molecule has 0 radical (unpaired) electrons. The minimum Gasteiger partial charge on any atom is -0.504 e. The maximum absolute atomic E-state index is 11.7. The Morgan fingerprint density at radius 3 is 2.26 bits per heavy atom. The first kappa shape index (κ1) is 14.8. The van der Waals surface area contributed by atoms with Crippen molar-refractivity contribution in [1.82, 2.24) is 5.43 Å². The second-order valence-electron chi connectivity index (χ2n) is 4.75. The Balaban J connectivity index is 2.79. The lowest BCUT2D eigenvalue weighted by molar-refractivity contribution is 0.0953. The first-order valence-corrected chi connectivity index (χ1v) is 5.89. The van der Waals surface area contributed by atoms with E-state index in [4.69, 9.17) is 0 Å². The summed E-state index contributed by atoms with van der Waals surface area (Å²) in [6.45, 7) is 5.87. The van der Waals surface area contributed by atoms with Crippen LogP contribution in [0.15, 0.2) is 17.2 Å². The largest absolute Gasteiger partial charge is 0.504 e. The molecule has 6 nitrogen and oxygen atoms in total. The van der Waals surface area contributed by atoms with Gasteiger partial charge in [0.05, 0.1) is 0 Å². The van der Waals surface area contributed by atoms with Crippen LogP contribution >= 0.6 is 0 Å². The molecule has 0 saturated carbocycles. The molecule has 0 aliphatic carbocycles. The van der Waals surface area contributed by atoms with Crippen LogP contribution in [0.4, 0.5) is 0 Å². The van der Waals surface area contributed by atoms with Crippen LogP contribution in [0.25, 0.3) is 0 Å². The van der Waals surface area contributed by atoms with E-state index in [1.807, 2.05) is 13.8 Å². The van der Waals surface area contributed by atoms with Crippen molar-refractivity contribution in [1.29, 1.82) is 0 Å². The van der Waals surface area contributed by atoms with Crippen LogP contribution in [0.1, 0.15) is 37.6 Å². The monoisotopic (exact) mass is 266 g/mol. The van der Waals surface area contributed by atoms with E-state index in [1.165, 1.54) is 0 Å². The second kappa shape index (κ2) is 6.08. The molecule has 0 saturated heterocycles. The van der Waals surface area contributed by atoms with Gasteiger partial charge in [-0.25, -0.2) is 5.43 Å². The molecule has 19 heavy (non-hydrogen) atoms. The maximum Gasteiger partial charge on any atom is 0.271 e. The first-order chi connectivity index (χ1) is 8.81. The van der Waals surface area contributed by atoms with E-state index in [0.29, 0.717) is 5.92 Å². The third-order valence-corrected chi connectivity index (χ3v) is 2.38. The summed E-state index contributed by atoms with van der Waals surface area (Å²) >= 11 is 0. The summed E-state index contributed by atoms with van der Waals surface area (Å²) in [5.41, 5.74) is 3.11. The molecule has 1 aromatic rings. The number of hydrazone groups is 1. The van der Waals surface area contributed by atoms with Gasteiger partial charge in [-0.05, 0) is 31.4 Å². The van der Waals surface area contributed by atoms with Gasteiger partial charge in [0.2, 0.25) is 0 Å². The molecule has 6 heteroatoms. The Hall–Kier alpha value is -2.24. The molecule has 0 unspecified atom stereocenters. The van der Waals surface area contributed by atoms with Gasteiger partial charge in [-0.15, -0.1) is 0 Å². The van der Waals surface area contributed by atoms with Crippen LogP contribution in [-0.2, 0) is 0 Å². The summed E-state index contributed by atoms with van der Waals surface area (Å²) in [6.07, 6.45) is 0.756. The zero-order chi connectivity index (χ0) is 14.6. The molecule has 0 aliphatic rings. The first-order valence-electron chi connectivity index (χ1n) is 5.89. The number of nitrogens with one attached hydrogen (secondary N) is 1. The fourth-order valence-corrected chi connectivity index (χ4v) is 1.58. The van der Waals surface area contributed by atoms with Gasteiger partial charge in [-0.1, -0.05) is 13.8 Å². The Labute approximate surface area is 111 Å². The Morgan fingerprint density at radius 2 is 1.79 bits per heavy atom. The van der Waals surface area contributed by atoms with E-state index in [9.17, 15) is 20.1 Å². The average molecular weight is 266 g/mol. The molecule has 0 aromatic heterocycles. The summed E-state index contributed by atoms with van der Waals surface area (Å²) in [7, 11) is 0. The molecule has 1 aromatic carbocycles. The third-order valence-electron chi connectivity index (χ3n) is 2.38. The lowest BCUT2D eigenvalue weighted by Crippen LogP contribution is -2.19. The summed E-state index contributed by atoms with van der Waals surface area (Å²) in [5, 5.41) is 31.7. The number of phenolic OH excluding ortho intramolecular Hbond substituents is 3. The summed E-state index contributed by atoms with van der Waals surface area (Å²) in [6, 6.07) is 2.11. The fourth-order valence-electron chi connectivity index (χ4n) is 1.58. The van der Waals surface area contributed by atoms with Crippen molar-refractivity contribution < 1.29 is 20.1 Å². The Morgan fingerprint density at radius 1 is 1.26 bits per heavy atom. The predicted octanol–water partition coefficient (Wildman–Crippen LogP) is 1.96. The number of hydrogen-bond donors (Lipinski definition) is 4. The summed E-state index contributed by atoms with van der Waals surface area (Å²) in [5.74, 6) is -1.92. The standard InChI is InChI=1S/C13H18N2O4/c1-7(2)4-8(3)14-15-13(19)9-5-10(16)12(18)11(17)6-9/h5-7,16-18H,4H2,1-3H3,(H,15,19)/b14-8+. The number of carbonyl (C=O) groups excluding carboxylic acids is 1. The van der Waals surface area contributed by atoms with Crippen LogP contribution < -0.4 is 5.43 Å². The van der Waals surface area contributed by atoms with E-state index in [1.54, 1.807) is 6.92 Å². The number of benzene rings is 1. The van der Waals surface area contributed by atoms with Crippen molar-refractivity contribution in [3.63, 3.8) is 0 Å². The quantitative estimate of drug-likeness (QED) is 0.380. The highest BCUT2D eigenvalue weighted by atomic mass is 16.3. The van der Waals surface area contributed by atoms with E-state index < -0.39 is 23.2 Å². The van der Waals surface area contributed by atoms with Gasteiger partial charge in [-0.2, -0.15) is 5.10 Å². The summed E-state index contributed by atoms with van der Waals surface area (Å²) in [4.78, 5) is 11.7. The lowest BCUT2D eigenvalue weighted by atomic mass is 10.1. The number of carbonyl (C=O) groups is 1. The highest BCUT2D eigenvalue weighted by Crippen LogP contribution is 2.35. The van der Waals surface area contributed by atoms with Crippen LogP contribution in [0.3, 0.4) is 0 Å². The zero-order valence-corrected chi connectivity index (χ0v) is 11.1. The summed E-state index contributed by atoms with van der Waals surface area (Å²) < 4.78 is 0. The third kappa shape index (κ3) is 4.17. The van der Waals surface area contributed by atoms with Crippen LogP contribution in [0, 0.1) is 5.92 Å². The van der Waals surface area contributed by atoms with Gasteiger partial charge < -0.3 is 15.3 Å². The number of phenols is 3. The van der Waals surface area contributed by atoms with Gasteiger partial charge in [0.15, 0.2) is 17.2 Å². The van der Waals surface area contributed by atoms with E-state index >= 15 is 0 Å². The minimum atomic E-state index is -0.656. The molecule has 0 atom stereocenters. The Bertz CT molecular complexity index is 486. The zero-order valence-electron chi connectivity index (χ0n) is 11.1.